The van der Waals surface area contributed by atoms with Crippen molar-refractivity contribution >= 4 is 22.9 Å². The van der Waals surface area contributed by atoms with Crippen molar-refractivity contribution in [3.8, 4) is 5.75 Å². The number of rotatable bonds is 7. The highest BCUT2D eigenvalue weighted by Crippen LogP contribution is 2.38. The third-order valence-electron chi connectivity index (χ3n) is 6.92. The number of thiophene rings is 1. The van der Waals surface area contributed by atoms with Gasteiger partial charge in [0.2, 0.25) is 5.91 Å². The minimum Gasteiger partial charge on any atom is -0.497 e. The molecule has 34 heavy (non-hydrogen) atoms. The molecule has 0 unspecified atom stereocenters. The molecule has 2 aromatic carbocycles. The fourth-order valence-corrected chi connectivity index (χ4v) is 5.86. The Morgan fingerprint density at radius 3 is 2.79 bits per heavy atom. The maximum Gasteiger partial charge on any atom is 0.225 e. The van der Waals surface area contributed by atoms with Gasteiger partial charge in [-0.05, 0) is 53.6 Å². The first-order valence-corrected chi connectivity index (χ1v) is 12.7. The first-order chi connectivity index (χ1) is 16.6. The van der Waals surface area contributed by atoms with E-state index in [4.69, 9.17) is 4.74 Å². The number of nitrogens with zero attached hydrogens (tertiary/aromatic N) is 2. The van der Waals surface area contributed by atoms with E-state index >= 15 is 0 Å². The number of carbonyl (C=O) groups is 1. The Bertz CT molecular complexity index is 1120. The van der Waals surface area contributed by atoms with Crippen LogP contribution in [0.2, 0.25) is 0 Å². The molecular formula is C27H30FN3O2S. The molecule has 7 heteroatoms. The van der Waals surface area contributed by atoms with Crippen LogP contribution in [0.25, 0.3) is 0 Å². The Hall–Kier alpha value is -2.90. The van der Waals surface area contributed by atoms with Gasteiger partial charge >= 0.3 is 0 Å². The fourth-order valence-electron chi connectivity index (χ4n) is 5.15. The highest BCUT2D eigenvalue weighted by Gasteiger charge is 2.41. The van der Waals surface area contributed by atoms with Gasteiger partial charge in [0.05, 0.1) is 19.1 Å². The summed E-state index contributed by atoms with van der Waals surface area (Å²) in [7, 11) is 1.69. The molecule has 0 spiro atoms. The van der Waals surface area contributed by atoms with Crippen molar-refractivity contribution in [2.45, 2.75) is 25.4 Å². The predicted octanol–water partition coefficient (Wildman–Crippen LogP) is 4.12. The third kappa shape index (κ3) is 4.95. The summed E-state index contributed by atoms with van der Waals surface area (Å²) in [5, 5.41) is 5.27. The van der Waals surface area contributed by atoms with Gasteiger partial charge in [-0.25, -0.2) is 4.39 Å². The number of ether oxygens (including phenoxy) is 1. The Morgan fingerprint density at radius 2 is 2.03 bits per heavy atom. The lowest BCUT2D eigenvalue weighted by molar-refractivity contribution is -0.126. The van der Waals surface area contributed by atoms with E-state index in [1.807, 2.05) is 24.3 Å². The number of nitrogens with one attached hydrogen (secondary N) is 1. The molecule has 0 saturated carbocycles. The maximum atomic E-state index is 13.4. The van der Waals surface area contributed by atoms with Crippen LogP contribution in [0.3, 0.4) is 0 Å². The molecule has 0 bridgehead atoms. The number of carbonyl (C=O) groups excluding carboxylic acids is 1. The van der Waals surface area contributed by atoms with E-state index in [0.29, 0.717) is 6.54 Å². The Balaban J connectivity index is 1.34. The SMILES string of the molecule is COc1ccc2c(c1)N1CCN(Cc3ccc(F)cc3)C[C@H]1[C@H](C(=O)NCCc1cccs1)C2. The Labute approximate surface area is 204 Å². The van der Waals surface area contributed by atoms with Gasteiger partial charge in [-0.2, -0.15) is 0 Å². The van der Waals surface area contributed by atoms with Gasteiger partial charge in [0.1, 0.15) is 11.6 Å². The van der Waals surface area contributed by atoms with Crippen molar-refractivity contribution < 1.29 is 13.9 Å². The maximum absolute atomic E-state index is 13.4. The molecule has 1 saturated heterocycles. The van der Waals surface area contributed by atoms with Crippen molar-refractivity contribution in [3.05, 3.63) is 81.8 Å². The molecule has 0 aliphatic carbocycles. The van der Waals surface area contributed by atoms with Gasteiger partial charge in [-0.3, -0.25) is 9.69 Å². The summed E-state index contributed by atoms with van der Waals surface area (Å²) in [6.07, 6.45) is 1.57. The monoisotopic (exact) mass is 479 g/mol. The fraction of sp³-hybridized carbons (Fsp3) is 0.370. The van der Waals surface area contributed by atoms with Gasteiger partial charge in [0.25, 0.3) is 0 Å². The minimum atomic E-state index is -0.217. The van der Waals surface area contributed by atoms with E-state index in [-0.39, 0.29) is 23.7 Å². The zero-order valence-electron chi connectivity index (χ0n) is 19.4. The number of halogens is 1. The van der Waals surface area contributed by atoms with E-state index in [2.05, 4.69) is 38.7 Å². The van der Waals surface area contributed by atoms with Crippen LogP contribution in [0.4, 0.5) is 10.1 Å². The number of methoxy groups -OCH3 is 1. The van der Waals surface area contributed by atoms with Crippen LogP contribution in [0.1, 0.15) is 16.0 Å². The third-order valence-corrected chi connectivity index (χ3v) is 7.85. The van der Waals surface area contributed by atoms with E-state index in [1.54, 1.807) is 18.4 Å². The number of piperazine rings is 1. The van der Waals surface area contributed by atoms with E-state index in [0.717, 1.165) is 50.3 Å². The first-order valence-electron chi connectivity index (χ1n) is 11.8. The van der Waals surface area contributed by atoms with Crippen molar-refractivity contribution in [2.75, 3.05) is 38.2 Å². The summed E-state index contributed by atoms with van der Waals surface area (Å²) in [6.45, 7) is 3.92. The van der Waals surface area contributed by atoms with Crippen LogP contribution in [-0.2, 0) is 24.2 Å². The molecule has 1 N–H and O–H groups in total. The predicted molar refractivity (Wildman–Crippen MR) is 134 cm³/mol. The molecule has 5 rings (SSSR count). The molecule has 3 aromatic rings. The molecule has 2 aliphatic rings. The standard InChI is InChI=1S/C27H30FN3O2S/c1-33-22-9-6-20-15-24(27(32)29-11-10-23-3-2-14-34-23)26-18-30(12-13-31(26)25(20)16-22)17-19-4-7-21(28)8-5-19/h2-9,14,16,24,26H,10-13,15,17-18H2,1H3,(H,29,32)/t24-,26+/m1/s1. The second kappa shape index (κ2) is 10.2. The van der Waals surface area contributed by atoms with Crippen LogP contribution in [0, 0.1) is 11.7 Å². The van der Waals surface area contributed by atoms with Gasteiger partial charge in [-0.1, -0.05) is 24.3 Å². The lowest BCUT2D eigenvalue weighted by atomic mass is 9.83. The Kier molecular flexibility index (Phi) is 6.83. The van der Waals surface area contributed by atoms with Crippen LogP contribution in [0.5, 0.6) is 5.75 Å². The van der Waals surface area contributed by atoms with E-state index in [9.17, 15) is 9.18 Å². The second-order valence-corrected chi connectivity index (χ2v) is 10.1. The first kappa shape index (κ1) is 22.9. The molecule has 1 fully saturated rings. The zero-order chi connectivity index (χ0) is 23.5. The summed E-state index contributed by atoms with van der Waals surface area (Å²) in [4.78, 5) is 19.5. The zero-order valence-corrected chi connectivity index (χ0v) is 20.2. The molecule has 178 valence electrons. The number of hydrogen-bond acceptors (Lipinski definition) is 5. The largest absolute Gasteiger partial charge is 0.497 e. The summed E-state index contributed by atoms with van der Waals surface area (Å²) < 4.78 is 18.8. The Morgan fingerprint density at radius 1 is 1.18 bits per heavy atom. The molecule has 5 nitrogen and oxygen atoms in total. The highest BCUT2D eigenvalue weighted by atomic mass is 32.1. The second-order valence-electron chi connectivity index (χ2n) is 9.05. The van der Waals surface area contributed by atoms with Crippen molar-refractivity contribution in [1.82, 2.24) is 10.2 Å². The van der Waals surface area contributed by atoms with Crippen LogP contribution in [0.15, 0.2) is 60.0 Å². The lowest BCUT2D eigenvalue weighted by Crippen LogP contribution is -2.61. The van der Waals surface area contributed by atoms with Gasteiger partial charge in [0.15, 0.2) is 0 Å². The smallest absolute Gasteiger partial charge is 0.225 e. The van der Waals surface area contributed by atoms with Crippen molar-refractivity contribution in [1.29, 1.82) is 0 Å². The lowest BCUT2D eigenvalue weighted by Gasteiger charge is -2.49. The number of benzene rings is 2. The molecule has 2 atom stereocenters. The van der Waals surface area contributed by atoms with E-state index < -0.39 is 0 Å². The topological polar surface area (TPSA) is 44.8 Å². The van der Waals surface area contributed by atoms with Gasteiger partial charge in [0, 0.05) is 49.4 Å². The number of fused-ring (bicyclic) bond motifs is 3. The average molecular weight is 480 g/mol. The van der Waals surface area contributed by atoms with E-state index in [1.165, 1.54) is 28.3 Å². The summed E-state index contributed by atoms with van der Waals surface area (Å²) in [5.74, 6) is 0.618. The van der Waals surface area contributed by atoms with Gasteiger partial charge < -0.3 is 15.0 Å². The van der Waals surface area contributed by atoms with Crippen LogP contribution in [-0.4, -0.2) is 50.1 Å². The number of anilines is 1. The molecule has 1 aromatic heterocycles. The molecular weight excluding hydrogens is 449 g/mol. The summed E-state index contributed by atoms with van der Waals surface area (Å²) in [6, 6.07) is 17.1. The summed E-state index contributed by atoms with van der Waals surface area (Å²) >= 11 is 1.72. The molecule has 1 amide bonds. The average Bonchev–Trinajstić information content (AvgIpc) is 3.38. The van der Waals surface area contributed by atoms with Crippen LogP contribution >= 0.6 is 11.3 Å². The van der Waals surface area contributed by atoms with Crippen LogP contribution < -0.4 is 15.0 Å². The number of amides is 1. The number of hydrogen-bond donors (Lipinski definition) is 1. The normalized spacial score (nSPS) is 19.9. The molecule has 3 heterocycles. The van der Waals surface area contributed by atoms with Crippen molar-refractivity contribution in [2.24, 2.45) is 5.92 Å². The molecule has 2 aliphatic heterocycles. The minimum absolute atomic E-state index is 0.0792. The van der Waals surface area contributed by atoms with Crippen molar-refractivity contribution in [3.63, 3.8) is 0 Å². The summed E-state index contributed by atoms with van der Waals surface area (Å²) in [5.41, 5.74) is 3.46. The molecule has 0 radical (unpaired) electrons. The highest BCUT2D eigenvalue weighted by molar-refractivity contribution is 7.09. The quantitative estimate of drug-likeness (QED) is 0.554. The van der Waals surface area contributed by atoms with Gasteiger partial charge in [-0.15, -0.1) is 11.3 Å².